The second-order valence-corrected chi connectivity index (χ2v) is 3.17. The second kappa shape index (κ2) is 4.55. The summed E-state index contributed by atoms with van der Waals surface area (Å²) in [5.74, 6) is -1.12. The zero-order valence-corrected chi connectivity index (χ0v) is 7.60. The number of methoxy groups -OCH3 is 1. The SMILES string of the molecule is COC1COCCC1C(N)C(=O)O. The lowest BCUT2D eigenvalue weighted by molar-refractivity contribution is -0.144. The first-order chi connectivity index (χ1) is 6.16. The number of ether oxygens (including phenoxy) is 2. The molecule has 5 nitrogen and oxygen atoms in total. The standard InChI is InChI=1S/C8H15NO4/c1-12-6-4-13-3-2-5(6)7(9)8(10)11/h5-7H,2-4,9H2,1H3,(H,10,11). The summed E-state index contributed by atoms with van der Waals surface area (Å²) >= 11 is 0. The van der Waals surface area contributed by atoms with Crippen molar-refractivity contribution in [1.82, 2.24) is 0 Å². The van der Waals surface area contributed by atoms with Gasteiger partial charge in [-0.3, -0.25) is 4.79 Å². The Balaban J connectivity index is 2.58. The molecule has 1 aliphatic rings. The van der Waals surface area contributed by atoms with Crippen molar-refractivity contribution >= 4 is 5.97 Å². The van der Waals surface area contributed by atoms with Gasteiger partial charge in [0.15, 0.2) is 0 Å². The van der Waals surface area contributed by atoms with Gasteiger partial charge in [-0.2, -0.15) is 0 Å². The van der Waals surface area contributed by atoms with Gasteiger partial charge in [0, 0.05) is 19.6 Å². The molecule has 0 aromatic heterocycles. The first kappa shape index (κ1) is 10.4. The van der Waals surface area contributed by atoms with Crippen LogP contribution in [0.4, 0.5) is 0 Å². The molecule has 1 rings (SSSR count). The van der Waals surface area contributed by atoms with Crippen molar-refractivity contribution in [2.75, 3.05) is 20.3 Å². The molecule has 3 N–H and O–H groups in total. The Morgan fingerprint density at radius 3 is 3.00 bits per heavy atom. The molecule has 1 aliphatic heterocycles. The number of hydrogen-bond donors (Lipinski definition) is 2. The number of carbonyl (C=O) groups is 1. The van der Waals surface area contributed by atoms with E-state index < -0.39 is 12.0 Å². The molecule has 3 unspecified atom stereocenters. The van der Waals surface area contributed by atoms with Crippen LogP contribution in [0.25, 0.3) is 0 Å². The first-order valence-corrected chi connectivity index (χ1v) is 4.25. The smallest absolute Gasteiger partial charge is 0.320 e. The lowest BCUT2D eigenvalue weighted by Gasteiger charge is -2.32. The van der Waals surface area contributed by atoms with Crippen LogP contribution in [0.2, 0.25) is 0 Å². The highest BCUT2D eigenvalue weighted by atomic mass is 16.5. The van der Waals surface area contributed by atoms with Crippen LogP contribution in [0.1, 0.15) is 6.42 Å². The zero-order chi connectivity index (χ0) is 9.84. The third-order valence-electron chi connectivity index (χ3n) is 2.40. The Morgan fingerprint density at radius 2 is 2.46 bits per heavy atom. The van der Waals surface area contributed by atoms with Crippen molar-refractivity contribution in [3.8, 4) is 0 Å². The van der Waals surface area contributed by atoms with Crippen LogP contribution in [-0.2, 0) is 14.3 Å². The Morgan fingerprint density at radius 1 is 1.77 bits per heavy atom. The topological polar surface area (TPSA) is 81.8 Å². The minimum atomic E-state index is -0.978. The minimum Gasteiger partial charge on any atom is -0.480 e. The van der Waals surface area contributed by atoms with E-state index in [2.05, 4.69) is 0 Å². The molecule has 0 radical (unpaired) electrons. The number of rotatable bonds is 3. The highest BCUT2D eigenvalue weighted by Crippen LogP contribution is 2.20. The fraction of sp³-hybridized carbons (Fsp3) is 0.875. The second-order valence-electron chi connectivity index (χ2n) is 3.17. The molecule has 0 aromatic rings. The molecular formula is C8H15NO4. The molecule has 5 heteroatoms. The van der Waals surface area contributed by atoms with E-state index in [-0.39, 0.29) is 12.0 Å². The summed E-state index contributed by atoms with van der Waals surface area (Å²) in [6, 6.07) is -0.853. The largest absolute Gasteiger partial charge is 0.480 e. The molecule has 13 heavy (non-hydrogen) atoms. The Kier molecular flexibility index (Phi) is 3.65. The molecule has 0 aromatic carbocycles. The highest BCUT2D eigenvalue weighted by molar-refractivity contribution is 5.73. The van der Waals surface area contributed by atoms with E-state index in [1.807, 2.05) is 0 Å². The van der Waals surface area contributed by atoms with Crippen molar-refractivity contribution in [2.45, 2.75) is 18.6 Å². The number of carboxylic acid groups (broad SMARTS) is 1. The molecule has 76 valence electrons. The van der Waals surface area contributed by atoms with E-state index in [0.717, 1.165) is 0 Å². The Hall–Kier alpha value is -0.650. The maximum atomic E-state index is 10.6. The van der Waals surface area contributed by atoms with E-state index in [9.17, 15) is 4.79 Å². The predicted octanol–water partition coefficient (Wildman–Crippen LogP) is -0.550. The zero-order valence-electron chi connectivity index (χ0n) is 7.60. The summed E-state index contributed by atoms with van der Waals surface area (Å²) in [7, 11) is 1.54. The van der Waals surface area contributed by atoms with E-state index in [4.69, 9.17) is 20.3 Å². The van der Waals surface area contributed by atoms with Crippen molar-refractivity contribution in [3.63, 3.8) is 0 Å². The molecular weight excluding hydrogens is 174 g/mol. The number of hydrogen-bond acceptors (Lipinski definition) is 4. The molecule has 0 amide bonds. The molecule has 0 bridgehead atoms. The normalized spacial score (nSPS) is 31.2. The summed E-state index contributed by atoms with van der Waals surface area (Å²) in [6.45, 7) is 0.994. The summed E-state index contributed by atoms with van der Waals surface area (Å²) in [5, 5.41) is 8.73. The lowest BCUT2D eigenvalue weighted by Crippen LogP contribution is -2.48. The predicted molar refractivity (Wildman–Crippen MR) is 45.3 cm³/mol. The fourth-order valence-corrected chi connectivity index (χ4v) is 1.57. The molecule has 1 heterocycles. The third kappa shape index (κ3) is 2.40. The first-order valence-electron chi connectivity index (χ1n) is 4.25. The summed E-state index contributed by atoms with van der Waals surface area (Å²) in [4.78, 5) is 10.6. The Labute approximate surface area is 76.8 Å². The molecule has 1 fully saturated rings. The quantitative estimate of drug-likeness (QED) is 0.622. The van der Waals surface area contributed by atoms with Crippen LogP contribution in [-0.4, -0.2) is 43.5 Å². The fourth-order valence-electron chi connectivity index (χ4n) is 1.57. The van der Waals surface area contributed by atoms with Gasteiger partial charge >= 0.3 is 5.97 Å². The minimum absolute atomic E-state index is 0.142. The van der Waals surface area contributed by atoms with Crippen molar-refractivity contribution in [3.05, 3.63) is 0 Å². The van der Waals surface area contributed by atoms with Gasteiger partial charge in [0.05, 0.1) is 12.7 Å². The van der Waals surface area contributed by atoms with E-state index in [0.29, 0.717) is 19.6 Å². The molecule has 0 saturated carbocycles. The van der Waals surface area contributed by atoms with E-state index in [1.165, 1.54) is 0 Å². The summed E-state index contributed by atoms with van der Waals surface area (Å²) in [6.07, 6.45) is 0.450. The summed E-state index contributed by atoms with van der Waals surface area (Å²) in [5.41, 5.74) is 5.52. The van der Waals surface area contributed by atoms with Crippen LogP contribution in [0.3, 0.4) is 0 Å². The number of carboxylic acids is 1. The van der Waals surface area contributed by atoms with Gasteiger partial charge < -0.3 is 20.3 Å². The van der Waals surface area contributed by atoms with Gasteiger partial charge in [0.1, 0.15) is 6.04 Å². The summed E-state index contributed by atoms with van der Waals surface area (Å²) < 4.78 is 10.3. The van der Waals surface area contributed by atoms with Crippen LogP contribution < -0.4 is 5.73 Å². The number of nitrogens with two attached hydrogens (primary N) is 1. The van der Waals surface area contributed by atoms with Gasteiger partial charge in [-0.1, -0.05) is 0 Å². The molecule has 3 atom stereocenters. The van der Waals surface area contributed by atoms with Gasteiger partial charge in [-0.25, -0.2) is 0 Å². The van der Waals surface area contributed by atoms with Crippen LogP contribution in [0.15, 0.2) is 0 Å². The van der Waals surface area contributed by atoms with Crippen LogP contribution in [0, 0.1) is 5.92 Å². The highest BCUT2D eigenvalue weighted by Gasteiger charge is 2.34. The maximum absolute atomic E-state index is 10.6. The van der Waals surface area contributed by atoms with Gasteiger partial charge in [-0.05, 0) is 6.42 Å². The van der Waals surface area contributed by atoms with Gasteiger partial charge in [0.25, 0.3) is 0 Å². The average molecular weight is 189 g/mol. The monoisotopic (exact) mass is 189 g/mol. The average Bonchev–Trinajstić information content (AvgIpc) is 2.16. The maximum Gasteiger partial charge on any atom is 0.320 e. The molecule has 0 spiro atoms. The van der Waals surface area contributed by atoms with Crippen molar-refractivity contribution < 1.29 is 19.4 Å². The Bertz CT molecular complexity index is 185. The number of aliphatic carboxylic acids is 1. The van der Waals surface area contributed by atoms with Crippen LogP contribution >= 0.6 is 0 Å². The van der Waals surface area contributed by atoms with Crippen molar-refractivity contribution in [2.24, 2.45) is 11.7 Å². The third-order valence-corrected chi connectivity index (χ3v) is 2.40. The van der Waals surface area contributed by atoms with Gasteiger partial charge in [-0.15, -0.1) is 0 Å². The van der Waals surface area contributed by atoms with Gasteiger partial charge in [0.2, 0.25) is 0 Å². The van der Waals surface area contributed by atoms with E-state index >= 15 is 0 Å². The molecule has 0 aliphatic carbocycles. The lowest BCUT2D eigenvalue weighted by atomic mass is 9.90. The van der Waals surface area contributed by atoms with Crippen molar-refractivity contribution in [1.29, 1.82) is 0 Å². The van der Waals surface area contributed by atoms with Crippen LogP contribution in [0.5, 0.6) is 0 Å². The van der Waals surface area contributed by atoms with E-state index in [1.54, 1.807) is 7.11 Å². The molecule has 1 saturated heterocycles.